The largest absolute Gasteiger partial charge is 0.544 e. The predicted octanol–water partition coefficient (Wildman–Crippen LogP) is 22.7. The van der Waals surface area contributed by atoms with Crippen molar-refractivity contribution in [3.05, 3.63) is 234 Å². The molecule has 6 aromatic carbocycles. The Labute approximate surface area is 770 Å². The van der Waals surface area contributed by atoms with Crippen molar-refractivity contribution in [2.45, 2.75) is 314 Å². The highest BCUT2D eigenvalue weighted by molar-refractivity contribution is 8.28. The van der Waals surface area contributed by atoms with Crippen LogP contribution in [-0.2, 0) is 55.1 Å². The Hall–Kier alpha value is -5.96. The molecule has 0 saturated heterocycles. The van der Waals surface area contributed by atoms with Crippen molar-refractivity contribution in [1.29, 1.82) is 0 Å². The summed E-state index contributed by atoms with van der Waals surface area (Å²) in [6, 6.07) is 46.2. The van der Waals surface area contributed by atoms with Gasteiger partial charge in [0, 0.05) is 53.7 Å². The lowest BCUT2D eigenvalue weighted by Gasteiger charge is -2.43. The van der Waals surface area contributed by atoms with E-state index < -0.39 is 136 Å². The molecular formula is C98H154F5N3O13S2Si6. The van der Waals surface area contributed by atoms with E-state index in [0.29, 0.717) is 69.6 Å². The van der Waals surface area contributed by atoms with Crippen LogP contribution < -0.4 is 20.3 Å². The van der Waals surface area contributed by atoms with Crippen molar-refractivity contribution in [3.63, 3.8) is 0 Å². The van der Waals surface area contributed by atoms with Crippen LogP contribution in [0.15, 0.2) is 187 Å². The number of benzene rings is 6. The molecule has 29 heteroatoms. The van der Waals surface area contributed by atoms with Gasteiger partial charge in [-0.3, -0.25) is 0 Å². The second-order valence-electron chi connectivity index (χ2n) is 38.6. The first-order valence-corrected chi connectivity index (χ1v) is 64.1. The van der Waals surface area contributed by atoms with Crippen LogP contribution in [0.2, 0.25) is 91.7 Å². The standard InChI is InChI=1S/C38H53N3O3SSi.2C15H30O4Si.C11H16OSi.C10H11F5OSi.C9H14SSi/c1-27(2)25-46(34-16-12-10-13-17-34,35-18-14-11-15-19-35)44-24-32(22-33-23-39-26-41(33)9)40-45(42,43)38-36(29(5)6)20-31(28(3)4)21-37(38)30(7)8;2*1-10(2)20(11(3)4,12(5)6)19-9-14-15(17)13(16)7-8-18-14;1-10(12-13(2,3)4)11-8-6-5-7-9-11;1-4-16-17(2,3)10-8(14)6(12)5(11)7(13)9(10)15;1-11(2,3)10-9-7-5-4-6-8-9/h10-21,23,26-30,32,40H,22,24-25H2,1-9H3;2*7-8,10-17H,9H2,1-6H3;5-9H,1H2,2-4H3;4H2,1-3H3;4-8H,1-3H3/t32-;2*13?,14?,15-;;;/m010.../s1. The number of aromatic nitrogens is 2. The summed E-state index contributed by atoms with van der Waals surface area (Å²) in [6.07, 6.45) is 5.28. The molecule has 5 N–H and O–H groups in total. The number of aryl methyl sites for hydroxylation is 1. The van der Waals surface area contributed by atoms with Gasteiger partial charge in [0.05, 0.1) is 43.6 Å². The number of imidazole rings is 1. The first-order chi connectivity index (χ1) is 59.0. The van der Waals surface area contributed by atoms with Crippen LogP contribution in [0.1, 0.15) is 191 Å². The smallest absolute Gasteiger partial charge is 0.256 e. The third kappa shape index (κ3) is 32.7. The molecule has 0 amide bonds. The third-order valence-electron chi connectivity index (χ3n) is 22.7. The highest BCUT2D eigenvalue weighted by atomic mass is 32.4. The van der Waals surface area contributed by atoms with Crippen molar-refractivity contribution >= 4 is 91.4 Å². The van der Waals surface area contributed by atoms with E-state index in [0.717, 1.165) is 39.8 Å². The second-order valence-corrected chi connectivity index (χ2v) is 72.1. The number of sulfonamides is 1. The van der Waals surface area contributed by atoms with Crippen LogP contribution >= 0.6 is 11.2 Å². The van der Waals surface area contributed by atoms with E-state index in [-0.39, 0.29) is 25.0 Å². The van der Waals surface area contributed by atoms with E-state index in [2.05, 4.69) is 285 Å². The fourth-order valence-corrected chi connectivity index (χ4v) is 40.5. The second kappa shape index (κ2) is 51.3. The molecule has 0 spiro atoms. The molecule has 9 rings (SSSR count). The van der Waals surface area contributed by atoms with Gasteiger partial charge in [-0.15, -0.1) is 0 Å². The molecular weight excluding hydrogens is 1750 g/mol. The highest BCUT2D eigenvalue weighted by Crippen LogP contribution is 2.45. The number of aliphatic hydroxyl groups is 4. The number of hydrogen-bond acceptors (Lipinski definition) is 15. The van der Waals surface area contributed by atoms with Crippen molar-refractivity contribution in [2.24, 2.45) is 13.0 Å². The van der Waals surface area contributed by atoms with E-state index in [1.165, 1.54) is 53.0 Å². The van der Waals surface area contributed by atoms with Gasteiger partial charge < -0.3 is 56.6 Å². The minimum Gasteiger partial charge on any atom is -0.544 e. The maximum atomic E-state index is 14.7. The lowest BCUT2D eigenvalue weighted by atomic mass is 9.89. The molecule has 7 atom stereocenters. The highest BCUT2D eigenvalue weighted by Gasteiger charge is 2.49. The summed E-state index contributed by atoms with van der Waals surface area (Å²) in [5, 5.41) is 40.8. The van der Waals surface area contributed by atoms with E-state index in [9.17, 15) is 50.8 Å². The Morgan fingerprint density at radius 3 is 1.27 bits per heavy atom. The summed E-state index contributed by atoms with van der Waals surface area (Å²) < 4.78 is 142. The molecule has 0 fully saturated rings. The van der Waals surface area contributed by atoms with Crippen molar-refractivity contribution in [1.82, 2.24) is 14.3 Å². The first-order valence-electron chi connectivity index (χ1n) is 44.9. The lowest BCUT2D eigenvalue weighted by Crippen LogP contribution is -2.62. The molecule has 710 valence electrons. The average molecular weight is 1910 g/mol. The van der Waals surface area contributed by atoms with Crippen LogP contribution in [0, 0.1) is 35.0 Å². The molecule has 16 nitrogen and oxygen atoms in total. The maximum Gasteiger partial charge on any atom is 0.256 e. The zero-order valence-corrected chi connectivity index (χ0v) is 89.1. The van der Waals surface area contributed by atoms with E-state index in [4.69, 9.17) is 31.6 Å². The van der Waals surface area contributed by atoms with Crippen molar-refractivity contribution in [2.75, 3.05) is 26.4 Å². The monoisotopic (exact) mass is 1910 g/mol. The maximum absolute atomic E-state index is 14.7. The number of ether oxygens (including phenoxy) is 2. The summed E-state index contributed by atoms with van der Waals surface area (Å²) in [5.74, 6) is -8.07. The number of halogens is 5. The number of rotatable bonds is 35. The molecule has 1 aromatic heterocycles. The number of nitrogens with one attached hydrogen (secondary N) is 1. The zero-order chi connectivity index (χ0) is 96.2. The first kappa shape index (κ1) is 113. The summed E-state index contributed by atoms with van der Waals surface area (Å²) in [5.41, 5.74) is 7.84. The van der Waals surface area contributed by atoms with Gasteiger partial charge in [-0.05, 0) is 154 Å². The SMILES string of the molecule is C=C(O[Si](C)(C)C)c1ccccc1.CC(C)C[Si](OC[C@H](Cc1cncn1C)NS(=O)(=O)c1c(C(C)C)cc(C(C)C)cc1C(C)C)(c1ccccc1)c1ccccc1.CC(C)[Si](OCC1OC=CC(O)[C@@H]1O)(C(C)C)C(C)C.CC(C)[Si](OCC1OC=CC(O)[C@H]1O)(C(C)C)C(C)C.CCO[Si](C)(C)c1c(F)c(F)c(F)c(F)c1F.C[Si](C)(C)Sc1ccccc1. The van der Waals surface area contributed by atoms with Gasteiger partial charge in [-0.1, -0.05) is 286 Å². The van der Waals surface area contributed by atoms with Gasteiger partial charge in [0.25, 0.3) is 8.32 Å². The number of hydrogen-bond donors (Lipinski definition) is 5. The summed E-state index contributed by atoms with van der Waals surface area (Å²) >= 11 is 2.04. The fourth-order valence-electron chi connectivity index (χ4n) is 16.8. The topological polar surface area (TPSA) is 210 Å². The van der Waals surface area contributed by atoms with E-state index in [1.807, 2.05) is 71.5 Å². The summed E-state index contributed by atoms with van der Waals surface area (Å²) in [4.78, 5) is 6.15. The Morgan fingerprint density at radius 1 is 0.543 bits per heavy atom. The Morgan fingerprint density at radius 2 is 0.929 bits per heavy atom. The minimum absolute atomic E-state index is 0.0387. The minimum atomic E-state index is -3.93. The Kier molecular flexibility index (Phi) is 45.8. The van der Waals surface area contributed by atoms with Crippen LogP contribution in [0.5, 0.6) is 0 Å². The zero-order valence-electron chi connectivity index (χ0n) is 81.5. The van der Waals surface area contributed by atoms with Crippen LogP contribution in [-0.4, -0.2) is 156 Å². The normalized spacial score (nSPS) is 17.2. The predicted molar refractivity (Wildman–Crippen MR) is 530 cm³/mol. The molecule has 0 saturated carbocycles. The van der Waals surface area contributed by atoms with Gasteiger partial charge in [0.2, 0.25) is 49.1 Å². The van der Waals surface area contributed by atoms with E-state index in [1.54, 1.807) is 13.3 Å². The summed E-state index contributed by atoms with van der Waals surface area (Å²) in [6.45, 7) is 66.6. The van der Waals surface area contributed by atoms with Crippen LogP contribution in [0.4, 0.5) is 22.0 Å². The summed E-state index contributed by atoms with van der Waals surface area (Å²) in [7, 11) is -14.3. The lowest BCUT2D eigenvalue weighted by molar-refractivity contribution is -0.0792. The fraction of sp³-hybridized carbons (Fsp3) is 0.541. The molecule has 127 heavy (non-hydrogen) atoms. The van der Waals surface area contributed by atoms with Gasteiger partial charge in [-0.25, -0.2) is 40.1 Å². The molecule has 2 aliphatic rings. The number of aliphatic hydroxyl groups excluding tert-OH is 4. The molecule has 3 heterocycles. The van der Waals surface area contributed by atoms with Gasteiger partial charge in [0.15, 0.2) is 23.3 Å². The van der Waals surface area contributed by atoms with Gasteiger partial charge in [0.1, 0.15) is 49.6 Å². The van der Waals surface area contributed by atoms with Gasteiger partial charge >= 0.3 is 0 Å². The van der Waals surface area contributed by atoms with Crippen LogP contribution in [0.3, 0.4) is 0 Å². The van der Waals surface area contributed by atoms with Crippen LogP contribution in [0.25, 0.3) is 5.76 Å². The third-order valence-corrected chi connectivity index (χ3v) is 48.3. The molecule has 7 aromatic rings. The molecule has 0 aliphatic carbocycles. The van der Waals surface area contributed by atoms with Gasteiger partial charge in [-0.2, -0.15) is 11.2 Å². The van der Waals surface area contributed by atoms with E-state index >= 15 is 0 Å². The van der Waals surface area contributed by atoms with Crippen molar-refractivity contribution in [3.8, 4) is 0 Å². The molecule has 0 radical (unpaired) electrons. The Balaban J connectivity index is 0.000000349. The Bertz CT molecular complexity index is 4410. The molecule has 4 unspecified atom stereocenters. The molecule has 0 bridgehead atoms. The van der Waals surface area contributed by atoms with Crippen molar-refractivity contribution < 1.29 is 82.4 Å². The molecule has 2 aliphatic heterocycles. The number of nitrogens with zero attached hydrogens (tertiary/aromatic N) is 2. The average Bonchev–Trinajstić information content (AvgIpc) is 0.961. The quantitative estimate of drug-likeness (QED) is 0.00823.